The lowest BCUT2D eigenvalue weighted by atomic mass is 10.1. The molecule has 1 aromatic carbocycles. The van der Waals surface area contributed by atoms with E-state index < -0.39 is 27.4 Å². The topological polar surface area (TPSA) is 160 Å². The zero-order chi connectivity index (χ0) is 28.5. The molecular formula is C26H30N6O5S2. The lowest BCUT2D eigenvalue weighted by Gasteiger charge is -2.34. The van der Waals surface area contributed by atoms with Gasteiger partial charge in [-0.2, -0.15) is 4.31 Å². The molecule has 11 nitrogen and oxygen atoms in total. The van der Waals surface area contributed by atoms with Crippen LogP contribution in [0, 0.1) is 12.3 Å². The number of aromatic nitrogens is 2. The SMILES string of the molecule is Cc1nc(-c2ccncc2)sc1C(=O)N1CCN(S(=O)(=O)c2ccc(C(=O)OC(C)(C)C)cc2C(=N)N)CC1. The zero-order valence-corrected chi connectivity index (χ0v) is 23.7. The zero-order valence-electron chi connectivity index (χ0n) is 22.1. The third-order valence-corrected chi connectivity index (χ3v) is 9.12. The van der Waals surface area contributed by atoms with Gasteiger partial charge in [0.2, 0.25) is 10.0 Å². The highest BCUT2D eigenvalue weighted by atomic mass is 32.2. The highest BCUT2D eigenvalue weighted by Gasteiger charge is 2.34. The summed E-state index contributed by atoms with van der Waals surface area (Å²) < 4.78 is 33.7. The van der Waals surface area contributed by atoms with Crippen LogP contribution in [-0.2, 0) is 14.8 Å². The number of piperazine rings is 1. The predicted molar refractivity (Wildman–Crippen MR) is 147 cm³/mol. The summed E-state index contributed by atoms with van der Waals surface area (Å²) in [6.07, 6.45) is 3.33. The lowest BCUT2D eigenvalue weighted by molar-refractivity contribution is 0.00692. The van der Waals surface area contributed by atoms with Crippen molar-refractivity contribution in [2.75, 3.05) is 26.2 Å². The first-order valence-electron chi connectivity index (χ1n) is 12.2. The minimum Gasteiger partial charge on any atom is -0.456 e. The summed E-state index contributed by atoms with van der Waals surface area (Å²) in [7, 11) is -4.06. The molecule has 3 N–H and O–H groups in total. The average molecular weight is 571 g/mol. The molecule has 1 aliphatic rings. The molecule has 1 saturated heterocycles. The Morgan fingerprint density at radius 3 is 2.31 bits per heavy atom. The summed E-state index contributed by atoms with van der Waals surface area (Å²) in [6.45, 7) is 7.43. The normalized spacial score (nSPS) is 14.7. The molecule has 3 heterocycles. The number of amides is 1. The van der Waals surface area contributed by atoms with Crippen LogP contribution >= 0.6 is 11.3 Å². The van der Waals surface area contributed by atoms with Crippen molar-refractivity contribution in [3.05, 3.63) is 64.4 Å². The van der Waals surface area contributed by atoms with Crippen LogP contribution in [0.15, 0.2) is 47.6 Å². The quantitative estimate of drug-likeness (QED) is 0.260. The maximum absolute atomic E-state index is 13.5. The van der Waals surface area contributed by atoms with Gasteiger partial charge in [0.05, 0.1) is 16.2 Å². The number of pyridine rings is 1. The van der Waals surface area contributed by atoms with Gasteiger partial charge in [0.15, 0.2) is 0 Å². The maximum Gasteiger partial charge on any atom is 0.338 e. The third kappa shape index (κ3) is 6.15. The van der Waals surface area contributed by atoms with Crippen LogP contribution in [0.5, 0.6) is 0 Å². The molecule has 0 unspecified atom stereocenters. The van der Waals surface area contributed by atoms with E-state index in [1.807, 2.05) is 12.1 Å². The van der Waals surface area contributed by atoms with E-state index in [0.29, 0.717) is 15.6 Å². The number of sulfonamides is 1. The molecule has 1 fully saturated rings. The molecule has 0 saturated carbocycles. The first-order chi connectivity index (χ1) is 18.3. The van der Waals surface area contributed by atoms with E-state index in [1.54, 1.807) is 45.0 Å². The van der Waals surface area contributed by atoms with Gasteiger partial charge in [-0.25, -0.2) is 18.2 Å². The number of nitrogen functional groups attached to an aromatic ring is 1. The fraction of sp³-hybridized carbons (Fsp3) is 0.346. The van der Waals surface area contributed by atoms with Gasteiger partial charge < -0.3 is 15.4 Å². The fourth-order valence-electron chi connectivity index (χ4n) is 4.06. The summed E-state index contributed by atoms with van der Waals surface area (Å²) >= 11 is 1.29. The van der Waals surface area contributed by atoms with Gasteiger partial charge in [0.25, 0.3) is 5.91 Å². The number of nitrogens with two attached hydrogens (primary N) is 1. The molecule has 0 spiro atoms. The van der Waals surface area contributed by atoms with E-state index in [9.17, 15) is 18.0 Å². The average Bonchev–Trinajstić information content (AvgIpc) is 3.29. The number of benzene rings is 1. The molecule has 3 aromatic rings. The Balaban J connectivity index is 1.50. The first-order valence-corrected chi connectivity index (χ1v) is 14.4. The van der Waals surface area contributed by atoms with Crippen LogP contribution in [0.3, 0.4) is 0 Å². The van der Waals surface area contributed by atoms with Crippen molar-refractivity contribution < 1.29 is 22.7 Å². The van der Waals surface area contributed by atoms with Crippen molar-refractivity contribution in [2.45, 2.75) is 38.2 Å². The van der Waals surface area contributed by atoms with Gasteiger partial charge in [-0.1, -0.05) is 0 Å². The Bertz CT molecular complexity index is 1520. The molecule has 206 valence electrons. The number of carbonyl (C=O) groups is 2. The highest BCUT2D eigenvalue weighted by Crippen LogP contribution is 2.29. The van der Waals surface area contributed by atoms with Crippen LogP contribution in [0.1, 0.15) is 52.1 Å². The molecule has 13 heteroatoms. The number of aryl methyl sites for hydroxylation is 1. The number of hydrogen-bond donors (Lipinski definition) is 2. The maximum atomic E-state index is 13.5. The molecule has 0 bridgehead atoms. The van der Waals surface area contributed by atoms with Crippen molar-refractivity contribution in [3.63, 3.8) is 0 Å². The molecule has 0 aliphatic carbocycles. The second-order valence-corrected chi connectivity index (χ2v) is 12.9. The van der Waals surface area contributed by atoms with Gasteiger partial charge in [-0.15, -0.1) is 11.3 Å². The van der Waals surface area contributed by atoms with E-state index in [1.165, 1.54) is 33.8 Å². The summed E-state index contributed by atoms with van der Waals surface area (Å²) in [5.74, 6) is -1.33. The second-order valence-electron chi connectivity index (χ2n) is 9.99. The van der Waals surface area contributed by atoms with Crippen molar-refractivity contribution in [1.29, 1.82) is 5.41 Å². The number of nitrogens with zero attached hydrogens (tertiary/aromatic N) is 4. The van der Waals surface area contributed by atoms with Crippen LogP contribution in [0.25, 0.3) is 10.6 Å². The number of esters is 1. The largest absolute Gasteiger partial charge is 0.456 e. The van der Waals surface area contributed by atoms with Crippen LogP contribution in [0.4, 0.5) is 0 Å². The van der Waals surface area contributed by atoms with E-state index in [4.69, 9.17) is 15.9 Å². The van der Waals surface area contributed by atoms with Gasteiger partial charge in [0.1, 0.15) is 21.3 Å². The van der Waals surface area contributed by atoms with Crippen molar-refractivity contribution >= 4 is 39.1 Å². The van der Waals surface area contributed by atoms with Crippen molar-refractivity contribution in [1.82, 2.24) is 19.2 Å². The van der Waals surface area contributed by atoms with E-state index in [-0.39, 0.29) is 48.1 Å². The predicted octanol–water partition coefficient (Wildman–Crippen LogP) is 2.90. The Hall–Kier alpha value is -3.68. The standard InChI is InChI=1S/C26H30N6O5S2/c1-16-21(38-23(30-16)17-7-9-29-10-8-17)24(33)31-11-13-32(14-12-31)39(35,36)20-6-5-18(15-19(20)22(27)28)25(34)37-26(2,3)4/h5-10,15H,11-14H2,1-4H3,(H3,27,28). The molecule has 0 atom stereocenters. The van der Waals surface area contributed by atoms with E-state index in [2.05, 4.69) is 9.97 Å². The van der Waals surface area contributed by atoms with Crippen LogP contribution < -0.4 is 5.73 Å². The molecule has 1 aliphatic heterocycles. The van der Waals surface area contributed by atoms with Crippen LogP contribution in [-0.4, -0.2) is 77.1 Å². The van der Waals surface area contributed by atoms with Gasteiger partial charge in [-0.3, -0.25) is 15.2 Å². The van der Waals surface area contributed by atoms with Gasteiger partial charge in [-0.05, 0) is 58.0 Å². The number of thiazole rings is 1. The number of nitrogens with one attached hydrogen (secondary N) is 1. The van der Waals surface area contributed by atoms with Crippen molar-refractivity contribution in [3.8, 4) is 10.6 Å². The molecular weight excluding hydrogens is 540 g/mol. The van der Waals surface area contributed by atoms with Gasteiger partial charge >= 0.3 is 5.97 Å². The summed E-state index contributed by atoms with van der Waals surface area (Å²) in [4.78, 5) is 36.2. The van der Waals surface area contributed by atoms with E-state index in [0.717, 1.165) is 5.56 Å². The Kier molecular flexibility index (Phi) is 7.87. The van der Waals surface area contributed by atoms with Crippen LogP contribution in [0.2, 0.25) is 0 Å². The minimum atomic E-state index is -4.06. The monoisotopic (exact) mass is 570 g/mol. The number of amidine groups is 1. The Morgan fingerprint density at radius 2 is 1.72 bits per heavy atom. The lowest BCUT2D eigenvalue weighted by Crippen LogP contribution is -2.50. The molecule has 4 rings (SSSR count). The molecule has 2 aromatic heterocycles. The first kappa shape index (κ1) is 28.3. The number of hydrogen-bond acceptors (Lipinski definition) is 9. The molecule has 39 heavy (non-hydrogen) atoms. The summed E-state index contributed by atoms with van der Waals surface area (Å²) in [6, 6.07) is 7.53. The smallest absolute Gasteiger partial charge is 0.338 e. The van der Waals surface area contributed by atoms with E-state index >= 15 is 0 Å². The molecule has 1 amide bonds. The highest BCUT2D eigenvalue weighted by molar-refractivity contribution is 7.89. The number of carbonyl (C=O) groups excluding carboxylic acids is 2. The van der Waals surface area contributed by atoms with Gasteiger partial charge in [0, 0.05) is 49.7 Å². The summed E-state index contributed by atoms with van der Waals surface area (Å²) in [5, 5.41) is 8.65. The fourth-order valence-corrected chi connectivity index (χ4v) is 6.71. The Morgan fingerprint density at radius 1 is 1.08 bits per heavy atom. The third-order valence-electron chi connectivity index (χ3n) is 5.97. The molecule has 0 radical (unpaired) electrons. The van der Waals surface area contributed by atoms with Crippen molar-refractivity contribution in [2.24, 2.45) is 5.73 Å². The number of ether oxygens (including phenoxy) is 1. The number of rotatable bonds is 6. The second kappa shape index (κ2) is 10.8. The Labute approximate surface area is 231 Å². The summed E-state index contributed by atoms with van der Waals surface area (Å²) in [5.41, 5.74) is 6.46. The minimum absolute atomic E-state index is 0.0638.